The number of rotatable bonds is 2. The van der Waals surface area contributed by atoms with Gasteiger partial charge < -0.3 is 4.74 Å². The first kappa shape index (κ1) is 11.2. The Kier molecular flexibility index (Phi) is 3.10. The Balaban J connectivity index is 2.17. The Morgan fingerprint density at radius 3 is 2.82 bits per heavy atom. The normalized spacial score (nSPS) is 22.7. The molecule has 1 aliphatic rings. The molecular weight excluding hydrogens is 216 g/mol. The van der Waals surface area contributed by atoms with E-state index in [0.717, 1.165) is 5.56 Å². The van der Waals surface area contributed by atoms with Gasteiger partial charge in [-0.25, -0.2) is 4.99 Å². The molecule has 86 valence electrons. The number of carbonyl (C=O) groups is 1. The highest BCUT2D eigenvalue weighted by Gasteiger charge is 2.32. The number of hydrogen-bond acceptors (Lipinski definition) is 3. The lowest BCUT2D eigenvalue weighted by atomic mass is 10.1. The third kappa shape index (κ3) is 2.45. The largest absolute Gasteiger partial charge is 0.447 e. The molecule has 0 aromatic heterocycles. The van der Waals surface area contributed by atoms with E-state index in [-0.39, 0.29) is 18.0 Å². The maximum Gasteiger partial charge on any atom is 0.293 e. The highest BCUT2D eigenvalue weighted by Crippen LogP contribution is 2.21. The van der Waals surface area contributed by atoms with Crippen LogP contribution in [0.4, 0.5) is 0 Å². The molecule has 1 N–H and O–H groups in total. The lowest BCUT2D eigenvalue weighted by Crippen LogP contribution is -2.23. The fourth-order valence-electron chi connectivity index (χ4n) is 1.49. The number of benzene rings is 1. The number of hydrogen-bond donors (Lipinski definition) is 1. The van der Waals surface area contributed by atoms with Crippen molar-refractivity contribution in [1.29, 1.82) is 0 Å². The van der Waals surface area contributed by atoms with Gasteiger partial charge in [-0.1, -0.05) is 36.3 Å². The van der Waals surface area contributed by atoms with Crippen molar-refractivity contribution in [3.8, 4) is 12.3 Å². The zero-order valence-electron chi connectivity index (χ0n) is 9.38. The minimum Gasteiger partial charge on any atom is -0.447 e. The molecule has 2 rings (SSSR count). The molecule has 1 fully saturated rings. The fourth-order valence-corrected chi connectivity index (χ4v) is 1.49. The van der Waals surface area contributed by atoms with Crippen LogP contribution in [-0.2, 0) is 9.53 Å². The maximum absolute atomic E-state index is 11.7. The highest BCUT2D eigenvalue weighted by molar-refractivity contribution is 6.02. The number of amides is 1. The van der Waals surface area contributed by atoms with Gasteiger partial charge in [0.25, 0.3) is 11.9 Å². The van der Waals surface area contributed by atoms with Gasteiger partial charge in [-0.3, -0.25) is 10.1 Å². The summed E-state index contributed by atoms with van der Waals surface area (Å²) in [6.07, 6.45) is 4.57. The average molecular weight is 228 g/mol. The molecule has 1 aromatic carbocycles. The average Bonchev–Trinajstić information content (AvgIpc) is 2.71. The number of amidine groups is 1. The van der Waals surface area contributed by atoms with Crippen LogP contribution in [0.1, 0.15) is 18.6 Å². The molecule has 0 spiro atoms. The number of terminal acetylenes is 1. The van der Waals surface area contributed by atoms with Gasteiger partial charge in [-0.2, -0.15) is 0 Å². The molecule has 1 amide bonds. The van der Waals surface area contributed by atoms with Crippen molar-refractivity contribution in [3.63, 3.8) is 0 Å². The SMILES string of the molecule is C#C[C@H](C)N=C1NC(=O)[C@@H](c2ccccc2)O1. The van der Waals surface area contributed by atoms with Crippen molar-refractivity contribution in [2.75, 3.05) is 0 Å². The molecule has 0 bridgehead atoms. The zero-order valence-corrected chi connectivity index (χ0v) is 9.38. The number of nitrogens with zero attached hydrogens (tertiary/aromatic N) is 1. The third-order valence-electron chi connectivity index (χ3n) is 2.35. The van der Waals surface area contributed by atoms with Crippen LogP contribution >= 0.6 is 0 Å². The van der Waals surface area contributed by atoms with Crippen molar-refractivity contribution < 1.29 is 9.53 Å². The van der Waals surface area contributed by atoms with Crippen LogP contribution in [0.25, 0.3) is 0 Å². The van der Waals surface area contributed by atoms with Crippen molar-refractivity contribution in [2.24, 2.45) is 4.99 Å². The predicted molar refractivity (Wildman–Crippen MR) is 64.1 cm³/mol. The van der Waals surface area contributed by atoms with Gasteiger partial charge in [0.2, 0.25) is 6.10 Å². The van der Waals surface area contributed by atoms with Crippen molar-refractivity contribution in [2.45, 2.75) is 19.1 Å². The second kappa shape index (κ2) is 4.71. The molecule has 1 saturated heterocycles. The quantitative estimate of drug-likeness (QED) is 0.774. The van der Waals surface area contributed by atoms with E-state index in [2.05, 4.69) is 16.2 Å². The molecule has 4 nitrogen and oxygen atoms in total. The maximum atomic E-state index is 11.7. The van der Waals surface area contributed by atoms with Gasteiger partial charge in [0.15, 0.2) is 0 Å². The van der Waals surface area contributed by atoms with E-state index < -0.39 is 6.10 Å². The van der Waals surface area contributed by atoms with Gasteiger partial charge in [0.1, 0.15) is 6.04 Å². The molecule has 0 unspecified atom stereocenters. The molecule has 0 aliphatic carbocycles. The van der Waals surface area contributed by atoms with E-state index >= 15 is 0 Å². The Bertz CT molecular complexity index is 488. The highest BCUT2D eigenvalue weighted by atomic mass is 16.5. The van der Waals surface area contributed by atoms with Gasteiger partial charge in [0.05, 0.1) is 0 Å². The molecular formula is C13H12N2O2. The lowest BCUT2D eigenvalue weighted by molar-refractivity contribution is -0.123. The van der Waals surface area contributed by atoms with E-state index in [1.807, 2.05) is 30.3 Å². The smallest absolute Gasteiger partial charge is 0.293 e. The summed E-state index contributed by atoms with van der Waals surface area (Å²) in [7, 11) is 0. The first-order valence-electron chi connectivity index (χ1n) is 5.27. The molecule has 1 heterocycles. The monoisotopic (exact) mass is 228 g/mol. The molecule has 0 saturated carbocycles. The van der Waals surface area contributed by atoms with Crippen molar-refractivity contribution in [1.82, 2.24) is 5.32 Å². The van der Waals surface area contributed by atoms with Crippen molar-refractivity contribution >= 4 is 11.9 Å². The standard InChI is InChI=1S/C13H12N2O2/c1-3-9(2)14-13-15-12(16)11(17-13)10-7-5-4-6-8-10/h1,4-9,11H,2H3,(H,14,15,16)/t9-,11+/m0/s1. The zero-order chi connectivity index (χ0) is 12.3. The fraction of sp³-hybridized carbons (Fsp3) is 0.231. The molecule has 17 heavy (non-hydrogen) atoms. The van der Waals surface area contributed by atoms with Crippen LogP contribution in [-0.4, -0.2) is 18.0 Å². The molecule has 4 heteroatoms. The van der Waals surface area contributed by atoms with E-state index in [4.69, 9.17) is 11.2 Å². The van der Waals surface area contributed by atoms with Crippen LogP contribution in [0.3, 0.4) is 0 Å². The summed E-state index contributed by atoms with van der Waals surface area (Å²) in [5, 5.41) is 2.56. The minimum absolute atomic E-state index is 0.189. The summed E-state index contributed by atoms with van der Waals surface area (Å²) in [6.45, 7) is 1.75. The van der Waals surface area contributed by atoms with Gasteiger partial charge in [0, 0.05) is 5.56 Å². The molecule has 0 radical (unpaired) electrons. The summed E-state index contributed by atoms with van der Waals surface area (Å²) in [5.74, 6) is 2.22. The van der Waals surface area contributed by atoms with E-state index in [9.17, 15) is 4.79 Å². The van der Waals surface area contributed by atoms with Gasteiger partial charge in [-0.15, -0.1) is 6.42 Å². The van der Waals surface area contributed by atoms with Crippen LogP contribution in [0.2, 0.25) is 0 Å². The molecule has 1 aromatic rings. The van der Waals surface area contributed by atoms with Crippen LogP contribution in [0, 0.1) is 12.3 Å². The van der Waals surface area contributed by atoms with E-state index in [1.165, 1.54) is 0 Å². The van der Waals surface area contributed by atoms with Crippen LogP contribution in [0.5, 0.6) is 0 Å². The number of carbonyl (C=O) groups excluding carboxylic acids is 1. The summed E-state index contributed by atoms with van der Waals surface area (Å²) < 4.78 is 5.43. The number of nitrogens with one attached hydrogen (secondary N) is 1. The second-order valence-corrected chi connectivity index (χ2v) is 3.67. The minimum atomic E-state index is -0.639. The Morgan fingerprint density at radius 2 is 2.18 bits per heavy atom. The number of aliphatic imine (C=N–C) groups is 1. The van der Waals surface area contributed by atoms with E-state index in [0.29, 0.717) is 0 Å². The second-order valence-electron chi connectivity index (χ2n) is 3.67. The van der Waals surface area contributed by atoms with Crippen molar-refractivity contribution in [3.05, 3.63) is 35.9 Å². The van der Waals surface area contributed by atoms with E-state index in [1.54, 1.807) is 6.92 Å². The molecule has 2 atom stereocenters. The third-order valence-corrected chi connectivity index (χ3v) is 2.35. The van der Waals surface area contributed by atoms with Gasteiger partial charge in [-0.05, 0) is 6.92 Å². The Hall–Kier alpha value is -2.28. The summed E-state index contributed by atoms with van der Waals surface area (Å²) in [4.78, 5) is 15.7. The summed E-state index contributed by atoms with van der Waals surface area (Å²) in [6, 6.07) is 9.12. The Labute approximate surface area is 99.7 Å². The van der Waals surface area contributed by atoms with Crippen LogP contribution < -0.4 is 5.32 Å². The number of ether oxygens (including phenoxy) is 1. The molecule has 1 aliphatic heterocycles. The van der Waals surface area contributed by atoms with Crippen LogP contribution in [0.15, 0.2) is 35.3 Å². The first-order chi connectivity index (χ1) is 8.20. The summed E-state index contributed by atoms with van der Waals surface area (Å²) in [5.41, 5.74) is 0.795. The summed E-state index contributed by atoms with van der Waals surface area (Å²) >= 11 is 0. The topological polar surface area (TPSA) is 50.7 Å². The van der Waals surface area contributed by atoms with Gasteiger partial charge >= 0.3 is 0 Å². The first-order valence-corrected chi connectivity index (χ1v) is 5.27. The predicted octanol–water partition coefficient (Wildman–Crippen LogP) is 1.25. The Morgan fingerprint density at radius 1 is 1.47 bits per heavy atom. The lowest BCUT2D eigenvalue weighted by Gasteiger charge is -2.06.